The van der Waals surface area contributed by atoms with Crippen LogP contribution in [0.2, 0.25) is 5.02 Å². The first-order chi connectivity index (χ1) is 12.8. The van der Waals surface area contributed by atoms with Gasteiger partial charge in [0, 0.05) is 28.9 Å². The number of benzene rings is 1. The molecule has 148 valence electrons. The van der Waals surface area contributed by atoms with E-state index in [2.05, 4.69) is 31.1 Å². The molecule has 1 atom stereocenters. The highest BCUT2D eigenvalue weighted by Crippen LogP contribution is 2.28. The second-order valence-corrected chi connectivity index (χ2v) is 8.31. The Labute approximate surface area is 167 Å². The molecule has 1 amide bonds. The Balaban J connectivity index is 2.25. The van der Waals surface area contributed by atoms with E-state index in [-0.39, 0.29) is 11.7 Å². The Morgan fingerprint density at radius 3 is 2.59 bits per heavy atom. The van der Waals surface area contributed by atoms with Crippen LogP contribution in [-0.4, -0.2) is 23.2 Å². The van der Waals surface area contributed by atoms with E-state index in [4.69, 9.17) is 11.6 Å². The molecule has 0 radical (unpaired) electrons. The number of aromatic nitrogens is 1. The zero-order valence-corrected chi connectivity index (χ0v) is 17.6. The van der Waals surface area contributed by atoms with Crippen molar-refractivity contribution in [3.05, 3.63) is 34.5 Å². The summed E-state index contributed by atoms with van der Waals surface area (Å²) in [5.74, 6) is 0.752. The molecule has 27 heavy (non-hydrogen) atoms. The number of carbonyl (C=O) groups is 2. The van der Waals surface area contributed by atoms with E-state index in [1.54, 1.807) is 12.1 Å². The molecule has 0 bridgehead atoms. The molecule has 0 saturated heterocycles. The fourth-order valence-corrected chi connectivity index (χ4v) is 3.52. The largest absolute Gasteiger partial charge is 0.351 e. The predicted octanol–water partition coefficient (Wildman–Crippen LogP) is 6.00. The van der Waals surface area contributed by atoms with Gasteiger partial charge in [-0.2, -0.15) is 0 Å². The summed E-state index contributed by atoms with van der Waals surface area (Å²) in [6.45, 7) is 9.12. The first-order valence-corrected chi connectivity index (χ1v) is 10.3. The van der Waals surface area contributed by atoms with Crippen molar-refractivity contribution in [2.45, 2.75) is 59.8 Å². The van der Waals surface area contributed by atoms with Gasteiger partial charge in [0.05, 0.1) is 5.56 Å². The van der Waals surface area contributed by atoms with Gasteiger partial charge in [-0.25, -0.2) is 0 Å². The third kappa shape index (κ3) is 5.83. The van der Waals surface area contributed by atoms with Crippen molar-refractivity contribution in [1.29, 1.82) is 0 Å². The number of ketones is 1. The highest BCUT2D eigenvalue weighted by Gasteiger charge is 2.24. The maximum Gasteiger partial charge on any atom is 0.268 e. The van der Waals surface area contributed by atoms with Crippen molar-refractivity contribution in [1.82, 2.24) is 10.3 Å². The second kappa shape index (κ2) is 9.93. The van der Waals surface area contributed by atoms with Crippen molar-refractivity contribution < 1.29 is 9.59 Å². The summed E-state index contributed by atoms with van der Waals surface area (Å²) in [6, 6.07) is 5.34. The van der Waals surface area contributed by atoms with E-state index in [1.807, 2.05) is 13.0 Å². The zero-order valence-electron chi connectivity index (χ0n) is 16.8. The molecule has 4 nitrogen and oxygen atoms in total. The maximum atomic E-state index is 13.1. The molecule has 0 spiro atoms. The first-order valence-electron chi connectivity index (χ1n) is 9.96. The standard InChI is InChI=1S/C22H31ClN2O2/c1-5-11-24-22(27)21-20(17-10-9-16(23)13-18(17)25-21)19(26)12-15(4)8-6-7-14(2)3/h9-10,13-15,25H,5-8,11-12H2,1-4H3,(H,24,27)/t15-/m0/s1. The number of fused-ring (bicyclic) bond motifs is 1. The number of H-pyrrole nitrogens is 1. The topological polar surface area (TPSA) is 62.0 Å². The molecule has 0 aliphatic heterocycles. The molecule has 0 fully saturated rings. The zero-order chi connectivity index (χ0) is 20.0. The Morgan fingerprint density at radius 1 is 1.19 bits per heavy atom. The van der Waals surface area contributed by atoms with Crippen LogP contribution in [-0.2, 0) is 0 Å². The summed E-state index contributed by atoms with van der Waals surface area (Å²) in [5.41, 5.74) is 1.56. The van der Waals surface area contributed by atoms with E-state index < -0.39 is 0 Å². The van der Waals surface area contributed by atoms with Crippen LogP contribution in [0.5, 0.6) is 0 Å². The number of hydrogen-bond acceptors (Lipinski definition) is 2. The van der Waals surface area contributed by atoms with Crippen LogP contribution < -0.4 is 5.32 Å². The summed E-state index contributed by atoms with van der Waals surface area (Å²) < 4.78 is 0. The first kappa shape index (κ1) is 21.5. The van der Waals surface area contributed by atoms with E-state index in [1.165, 1.54) is 6.42 Å². The van der Waals surface area contributed by atoms with Gasteiger partial charge in [-0.05, 0) is 30.4 Å². The molecule has 1 aromatic heterocycles. The molecule has 5 heteroatoms. The lowest BCUT2D eigenvalue weighted by atomic mass is 9.92. The molecular formula is C22H31ClN2O2. The van der Waals surface area contributed by atoms with Gasteiger partial charge in [-0.3, -0.25) is 9.59 Å². The lowest BCUT2D eigenvalue weighted by molar-refractivity contribution is 0.0921. The molecular weight excluding hydrogens is 360 g/mol. The minimum absolute atomic E-state index is 0.0160. The van der Waals surface area contributed by atoms with Crippen LogP contribution in [0, 0.1) is 11.8 Å². The van der Waals surface area contributed by atoms with Gasteiger partial charge in [0.1, 0.15) is 5.69 Å². The van der Waals surface area contributed by atoms with E-state index in [9.17, 15) is 9.59 Å². The van der Waals surface area contributed by atoms with Gasteiger partial charge in [0.25, 0.3) is 5.91 Å². The number of Topliss-reactive ketones (excluding diaryl/α,β-unsaturated/α-hetero) is 1. The number of nitrogens with one attached hydrogen (secondary N) is 2. The molecule has 1 aromatic carbocycles. The third-order valence-corrected chi connectivity index (χ3v) is 5.05. The Hall–Kier alpha value is -1.81. The fraction of sp³-hybridized carbons (Fsp3) is 0.545. The lowest BCUT2D eigenvalue weighted by Gasteiger charge is -2.12. The van der Waals surface area contributed by atoms with Gasteiger partial charge in [-0.15, -0.1) is 0 Å². The SMILES string of the molecule is CCCNC(=O)c1[nH]c2cc(Cl)ccc2c1C(=O)C[C@@H](C)CCCC(C)C. The minimum Gasteiger partial charge on any atom is -0.351 e. The second-order valence-electron chi connectivity index (χ2n) is 7.88. The Bertz CT molecular complexity index is 795. The summed E-state index contributed by atoms with van der Waals surface area (Å²) in [7, 11) is 0. The van der Waals surface area contributed by atoms with Gasteiger partial charge in [0.15, 0.2) is 5.78 Å². The summed E-state index contributed by atoms with van der Waals surface area (Å²) >= 11 is 6.08. The van der Waals surface area contributed by atoms with Gasteiger partial charge in [-0.1, -0.05) is 64.6 Å². The number of rotatable bonds is 10. The number of halogens is 1. The van der Waals surface area contributed by atoms with Crippen molar-refractivity contribution in [2.75, 3.05) is 6.54 Å². The maximum absolute atomic E-state index is 13.1. The average Bonchev–Trinajstić information content (AvgIpc) is 2.97. The normalized spacial score (nSPS) is 12.5. The molecule has 2 rings (SSSR count). The van der Waals surface area contributed by atoms with E-state index >= 15 is 0 Å². The van der Waals surface area contributed by atoms with Crippen LogP contribution in [0.3, 0.4) is 0 Å². The van der Waals surface area contributed by atoms with Crippen molar-refractivity contribution in [3.8, 4) is 0 Å². The molecule has 0 unspecified atom stereocenters. The molecule has 0 aliphatic rings. The molecule has 0 aliphatic carbocycles. The summed E-state index contributed by atoms with van der Waals surface area (Å²) in [6.07, 6.45) is 4.61. The van der Waals surface area contributed by atoms with E-state index in [0.717, 1.165) is 30.2 Å². The Kier molecular flexibility index (Phi) is 7.91. The summed E-state index contributed by atoms with van der Waals surface area (Å²) in [5, 5.41) is 4.20. The molecule has 2 aromatic rings. The van der Waals surface area contributed by atoms with Crippen LogP contribution in [0.15, 0.2) is 18.2 Å². The van der Waals surface area contributed by atoms with Crippen LogP contribution in [0.25, 0.3) is 10.9 Å². The fourth-order valence-electron chi connectivity index (χ4n) is 3.35. The number of hydrogen-bond donors (Lipinski definition) is 2. The number of aromatic amines is 1. The van der Waals surface area contributed by atoms with Crippen LogP contribution >= 0.6 is 11.6 Å². The van der Waals surface area contributed by atoms with Crippen molar-refractivity contribution in [2.24, 2.45) is 11.8 Å². The van der Waals surface area contributed by atoms with Gasteiger partial charge >= 0.3 is 0 Å². The number of carbonyl (C=O) groups excluding carboxylic acids is 2. The third-order valence-electron chi connectivity index (χ3n) is 4.81. The van der Waals surface area contributed by atoms with Crippen molar-refractivity contribution in [3.63, 3.8) is 0 Å². The predicted molar refractivity (Wildman–Crippen MR) is 113 cm³/mol. The molecule has 1 heterocycles. The summed E-state index contributed by atoms with van der Waals surface area (Å²) in [4.78, 5) is 28.8. The quantitative estimate of drug-likeness (QED) is 0.489. The van der Waals surface area contributed by atoms with E-state index in [0.29, 0.717) is 41.1 Å². The molecule has 2 N–H and O–H groups in total. The van der Waals surface area contributed by atoms with Crippen LogP contribution in [0.4, 0.5) is 0 Å². The smallest absolute Gasteiger partial charge is 0.268 e. The average molecular weight is 391 g/mol. The highest BCUT2D eigenvalue weighted by atomic mass is 35.5. The minimum atomic E-state index is -0.236. The van der Waals surface area contributed by atoms with Crippen molar-refractivity contribution >= 4 is 34.2 Å². The highest BCUT2D eigenvalue weighted by molar-refractivity contribution is 6.31. The van der Waals surface area contributed by atoms with Crippen LogP contribution in [0.1, 0.15) is 80.6 Å². The number of amides is 1. The van der Waals surface area contributed by atoms with Gasteiger partial charge in [0.2, 0.25) is 0 Å². The monoisotopic (exact) mass is 390 g/mol. The molecule has 0 saturated carbocycles. The Morgan fingerprint density at radius 2 is 1.93 bits per heavy atom. The lowest BCUT2D eigenvalue weighted by Crippen LogP contribution is -2.26. The van der Waals surface area contributed by atoms with Gasteiger partial charge < -0.3 is 10.3 Å².